The second-order valence-corrected chi connectivity index (χ2v) is 9.93. The molecule has 4 rings (SSSR count). The molecule has 186 valence electrons. The van der Waals surface area contributed by atoms with Crippen molar-refractivity contribution in [2.45, 2.75) is 24.2 Å². The lowest BCUT2D eigenvalue weighted by Gasteiger charge is -2.15. The second-order valence-electron chi connectivity index (χ2n) is 7.97. The quantitative estimate of drug-likeness (QED) is 0.426. The molecular weight excluding hydrogens is 476 g/mol. The van der Waals surface area contributed by atoms with Gasteiger partial charge in [-0.05, 0) is 31.2 Å². The van der Waals surface area contributed by atoms with Crippen molar-refractivity contribution in [3.8, 4) is 28.8 Å². The van der Waals surface area contributed by atoms with E-state index in [1.165, 1.54) is 18.3 Å². The first-order chi connectivity index (χ1) is 16.7. The van der Waals surface area contributed by atoms with Crippen molar-refractivity contribution in [2.75, 3.05) is 33.1 Å². The molecule has 1 aliphatic rings. The fourth-order valence-electron chi connectivity index (χ4n) is 3.34. The van der Waals surface area contributed by atoms with Crippen LogP contribution >= 0.6 is 0 Å². The summed E-state index contributed by atoms with van der Waals surface area (Å²) >= 11 is 0. The van der Waals surface area contributed by atoms with Crippen LogP contribution in [0.1, 0.15) is 12.6 Å². The van der Waals surface area contributed by atoms with Gasteiger partial charge in [-0.25, -0.2) is 23.4 Å². The van der Waals surface area contributed by atoms with Gasteiger partial charge in [-0.3, -0.25) is 0 Å². The van der Waals surface area contributed by atoms with E-state index in [1.54, 1.807) is 19.2 Å². The summed E-state index contributed by atoms with van der Waals surface area (Å²) in [5.74, 6) is 1.46. The van der Waals surface area contributed by atoms with Gasteiger partial charge in [0.25, 0.3) is 0 Å². The molecule has 2 N–H and O–H groups in total. The Bertz CT molecular complexity index is 1310. The van der Waals surface area contributed by atoms with Gasteiger partial charge in [0.2, 0.25) is 11.8 Å². The van der Waals surface area contributed by atoms with Crippen LogP contribution in [0.3, 0.4) is 0 Å². The average Bonchev–Trinajstić information content (AvgIpc) is 3.48. The van der Waals surface area contributed by atoms with Crippen molar-refractivity contribution in [3.63, 3.8) is 0 Å². The van der Waals surface area contributed by atoms with E-state index in [0.717, 1.165) is 6.26 Å². The van der Waals surface area contributed by atoms with Crippen LogP contribution in [0.2, 0.25) is 0 Å². The van der Waals surface area contributed by atoms with Crippen molar-refractivity contribution in [1.29, 1.82) is 0 Å². The molecule has 0 aliphatic carbocycles. The third kappa shape index (κ3) is 6.15. The molecule has 0 fully saturated rings. The highest BCUT2D eigenvalue weighted by Crippen LogP contribution is 2.30. The minimum atomic E-state index is -3.42. The summed E-state index contributed by atoms with van der Waals surface area (Å²) in [5, 5.41) is 9.22. The van der Waals surface area contributed by atoms with Gasteiger partial charge in [0, 0.05) is 25.5 Å². The summed E-state index contributed by atoms with van der Waals surface area (Å²) in [4.78, 5) is 16.0. The van der Waals surface area contributed by atoms with Gasteiger partial charge in [0.1, 0.15) is 29.4 Å². The van der Waals surface area contributed by atoms with Crippen LogP contribution < -0.4 is 9.47 Å². The van der Waals surface area contributed by atoms with Crippen LogP contribution in [0.15, 0.2) is 52.6 Å². The number of aliphatic hydroxyl groups excluding tert-OH is 1. The number of aliphatic hydroxyl groups is 1. The molecule has 3 aromatic heterocycles. The lowest BCUT2D eigenvalue weighted by Crippen LogP contribution is -2.18. The van der Waals surface area contributed by atoms with E-state index in [2.05, 4.69) is 19.9 Å². The van der Waals surface area contributed by atoms with Gasteiger partial charge < -0.3 is 29.0 Å². The summed E-state index contributed by atoms with van der Waals surface area (Å²) in [6.45, 7) is 2.55. The number of aliphatic imine (C=N–C) groups is 1. The summed E-state index contributed by atoms with van der Waals surface area (Å²) < 4.78 is 45.9. The molecule has 3 aromatic rings. The fourth-order valence-corrected chi connectivity index (χ4v) is 3.90. The summed E-state index contributed by atoms with van der Waals surface area (Å²) in [6, 6.07) is 9.89. The number of aromatic nitrogens is 3. The van der Waals surface area contributed by atoms with Crippen molar-refractivity contribution in [1.82, 2.24) is 15.0 Å². The van der Waals surface area contributed by atoms with E-state index in [-0.39, 0.29) is 29.7 Å². The van der Waals surface area contributed by atoms with Crippen LogP contribution in [-0.2, 0) is 19.3 Å². The predicted octanol–water partition coefficient (Wildman–Crippen LogP) is 2.22. The largest absolute Gasteiger partial charge is 0.488 e. The van der Waals surface area contributed by atoms with E-state index in [0.29, 0.717) is 47.6 Å². The zero-order chi connectivity index (χ0) is 25.0. The minimum absolute atomic E-state index is 0.0524. The average molecular weight is 503 g/mol. The van der Waals surface area contributed by atoms with Gasteiger partial charge in [0.05, 0.1) is 37.3 Å². The van der Waals surface area contributed by atoms with E-state index in [1.807, 2.05) is 19.1 Å². The Morgan fingerprint density at radius 1 is 1.20 bits per heavy atom. The molecule has 0 saturated heterocycles. The maximum Gasteiger partial charge on any atom is 0.233 e. The van der Waals surface area contributed by atoms with Crippen LogP contribution in [0.25, 0.3) is 11.4 Å². The minimum Gasteiger partial charge on any atom is -0.488 e. The number of aromatic amines is 1. The topological polar surface area (TPSA) is 145 Å². The van der Waals surface area contributed by atoms with Crippen molar-refractivity contribution in [3.05, 3.63) is 48.3 Å². The number of nitrogens with zero attached hydrogens (tertiary/aromatic N) is 3. The Hall–Kier alpha value is -3.48. The highest BCUT2D eigenvalue weighted by Gasteiger charge is 2.22. The molecule has 11 nitrogen and oxygen atoms in total. The molecule has 0 spiro atoms. The summed E-state index contributed by atoms with van der Waals surface area (Å²) in [6.07, 6.45) is 1.83. The number of nitrogens with one attached hydrogen (secondary N) is 1. The molecule has 0 radical (unpaired) electrons. The van der Waals surface area contributed by atoms with Crippen LogP contribution in [0.5, 0.6) is 17.4 Å². The number of pyridine rings is 2. The van der Waals surface area contributed by atoms with Gasteiger partial charge in [-0.1, -0.05) is 0 Å². The SMILES string of the molecule is COC[C@H](C)Oc1cc(Oc2ccc(S(C)(=O)=O)nc2)nc(-c2ccc(C3=NCC(CO)O3)[nH]2)c1. The van der Waals surface area contributed by atoms with E-state index >= 15 is 0 Å². The van der Waals surface area contributed by atoms with Crippen LogP contribution in [-0.4, -0.2) is 79.7 Å². The number of hydrogen-bond donors (Lipinski definition) is 2. The molecule has 0 amide bonds. The van der Waals surface area contributed by atoms with Gasteiger partial charge >= 0.3 is 0 Å². The Morgan fingerprint density at radius 3 is 2.66 bits per heavy atom. The Balaban J connectivity index is 1.62. The zero-order valence-corrected chi connectivity index (χ0v) is 20.3. The number of ether oxygens (including phenoxy) is 4. The molecule has 2 atom stereocenters. The normalized spacial score (nSPS) is 16.5. The number of rotatable bonds is 10. The molecule has 0 bridgehead atoms. The van der Waals surface area contributed by atoms with Crippen molar-refractivity contribution < 1.29 is 32.5 Å². The van der Waals surface area contributed by atoms with Gasteiger partial charge in [0.15, 0.2) is 14.9 Å². The van der Waals surface area contributed by atoms with Crippen molar-refractivity contribution >= 4 is 15.7 Å². The predicted molar refractivity (Wildman–Crippen MR) is 127 cm³/mol. The monoisotopic (exact) mass is 502 g/mol. The summed E-state index contributed by atoms with van der Waals surface area (Å²) in [7, 11) is -1.83. The van der Waals surface area contributed by atoms with E-state index < -0.39 is 9.84 Å². The molecule has 0 aromatic carbocycles. The highest BCUT2D eigenvalue weighted by atomic mass is 32.2. The van der Waals surface area contributed by atoms with E-state index in [4.69, 9.17) is 18.9 Å². The van der Waals surface area contributed by atoms with Crippen LogP contribution in [0, 0.1) is 0 Å². The molecule has 12 heteroatoms. The third-order valence-corrected chi connectivity index (χ3v) is 5.94. The second kappa shape index (κ2) is 10.4. The number of sulfone groups is 1. The zero-order valence-electron chi connectivity index (χ0n) is 19.5. The number of hydrogen-bond acceptors (Lipinski definition) is 10. The smallest absolute Gasteiger partial charge is 0.233 e. The third-order valence-electron chi connectivity index (χ3n) is 4.94. The summed E-state index contributed by atoms with van der Waals surface area (Å²) in [5.41, 5.74) is 1.85. The number of methoxy groups -OCH3 is 1. The van der Waals surface area contributed by atoms with Crippen LogP contribution in [0.4, 0.5) is 0 Å². The van der Waals surface area contributed by atoms with E-state index in [9.17, 15) is 13.5 Å². The maximum absolute atomic E-state index is 11.7. The molecule has 35 heavy (non-hydrogen) atoms. The maximum atomic E-state index is 11.7. The highest BCUT2D eigenvalue weighted by molar-refractivity contribution is 7.90. The molecule has 1 aliphatic heterocycles. The first-order valence-electron chi connectivity index (χ1n) is 10.8. The van der Waals surface area contributed by atoms with Crippen molar-refractivity contribution in [2.24, 2.45) is 4.99 Å². The first kappa shape index (κ1) is 24.6. The molecule has 1 unspecified atom stereocenters. The molecular formula is C23H26N4O7S. The lowest BCUT2D eigenvalue weighted by molar-refractivity contribution is 0.0919. The van der Waals surface area contributed by atoms with Gasteiger partial charge in [-0.15, -0.1) is 0 Å². The number of H-pyrrole nitrogens is 1. The Morgan fingerprint density at radius 2 is 2.00 bits per heavy atom. The molecule has 0 saturated carbocycles. The van der Waals surface area contributed by atoms with Gasteiger partial charge in [-0.2, -0.15) is 0 Å². The fraction of sp³-hybridized carbons (Fsp3) is 0.348. The lowest BCUT2D eigenvalue weighted by atomic mass is 10.2. The Labute approximate surface area is 202 Å². The standard InChI is InChI=1S/C23H26N4O7S/c1-14(13-31-2)32-16-8-20(18-5-6-19(26-18)23-25-11-17(12-28)34-23)27-21(9-16)33-15-4-7-22(24-10-15)35(3,29)30/h4-10,14,17,26,28H,11-13H2,1-3H3/t14-,17?/m0/s1. The Kier molecular flexibility index (Phi) is 7.34. The molecule has 4 heterocycles. The first-order valence-corrected chi connectivity index (χ1v) is 12.7.